The van der Waals surface area contributed by atoms with Crippen molar-refractivity contribution in [2.24, 2.45) is 18.7 Å². The minimum Gasteiger partial charge on any atom is -0.324 e. The molecule has 1 aromatic heterocycles. The molecule has 0 fully saturated rings. The van der Waals surface area contributed by atoms with Gasteiger partial charge in [0.15, 0.2) is 0 Å². The summed E-state index contributed by atoms with van der Waals surface area (Å²) in [4.78, 5) is 16.3. The lowest BCUT2D eigenvalue weighted by Gasteiger charge is -2.22. The van der Waals surface area contributed by atoms with Crippen LogP contribution in [-0.2, 0) is 13.5 Å². The van der Waals surface area contributed by atoms with Crippen LogP contribution < -0.4 is 11.3 Å². The number of nitrogens with zero attached hydrogens (tertiary/aromatic N) is 2. The Morgan fingerprint density at radius 1 is 1.62 bits per heavy atom. The van der Waals surface area contributed by atoms with Gasteiger partial charge in [0.1, 0.15) is 0 Å². The molecule has 2 N–H and O–H groups in total. The van der Waals surface area contributed by atoms with Gasteiger partial charge in [-0.3, -0.25) is 4.79 Å². The predicted molar refractivity (Wildman–Crippen MR) is 64.0 cm³/mol. The van der Waals surface area contributed by atoms with Crippen LogP contribution in [0.2, 0.25) is 0 Å². The van der Waals surface area contributed by atoms with Crippen LogP contribution in [0.1, 0.15) is 25.1 Å². The van der Waals surface area contributed by atoms with Gasteiger partial charge in [-0.1, -0.05) is 13.0 Å². The highest BCUT2D eigenvalue weighted by Gasteiger charge is 2.23. The van der Waals surface area contributed by atoms with E-state index in [0.29, 0.717) is 5.92 Å². The Bertz CT molecular complexity index is 499. The van der Waals surface area contributed by atoms with E-state index in [4.69, 9.17) is 5.73 Å². The van der Waals surface area contributed by atoms with Crippen molar-refractivity contribution in [3.8, 4) is 0 Å². The highest BCUT2D eigenvalue weighted by Crippen LogP contribution is 2.26. The molecule has 1 heterocycles. The van der Waals surface area contributed by atoms with E-state index in [0.717, 1.165) is 23.3 Å². The summed E-state index contributed by atoms with van der Waals surface area (Å²) >= 11 is 0. The molecule has 4 nitrogen and oxygen atoms in total. The van der Waals surface area contributed by atoms with Gasteiger partial charge in [-0.05, 0) is 24.8 Å². The molecular weight excluding hydrogens is 202 g/mol. The van der Waals surface area contributed by atoms with Crippen molar-refractivity contribution >= 4 is 5.57 Å². The molecule has 1 aliphatic carbocycles. The Balaban J connectivity index is 2.66. The summed E-state index contributed by atoms with van der Waals surface area (Å²) in [7, 11) is 1.73. The van der Waals surface area contributed by atoms with Crippen LogP contribution in [0.3, 0.4) is 0 Å². The zero-order valence-corrected chi connectivity index (χ0v) is 9.90. The Hall–Kier alpha value is -1.42. The van der Waals surface area contributed by atoms with Gasteiger partial charge >= 0.3 is 0 Å². The van der Waals surface area contributed by atoms with Crippen LogP contribution in [-0.4, -0.2) is 15.6 Å². The quantitative estimate of drug-likeness (QED) is 0.756. The summed E-state index contributed by atoms with van der Waals surface area (Å²) in [6.45, 7) is 4.02. The first-order valence-electron chi connectivity index (χ1n) is 5.53. The molecule has 0 saturated heterocycles. The van der Waals surface area contributed by atoms with E-state index in [-0.39, 0.29) is 11.6 Å². The van der Waals surface area contributed by atoms with Crippen molar-refractivity contribution in [3.05, 3.63) is 34.0 Å². The molecule has 1 aromatic rings. The van der Waals surface area contributed by atoms with Crippen LogP contribution in [0.5, 0.6) is 0 Å². The molecule has 0 amide bonds. The third-order valence-corrected chi connectivity index (χ3v) is 2.98. The van der Waals surface area contributed by atoms with Gasteiger partial charge in [-0.2, -0.15) is 0 Å². The summed E-state index contributed by atoms with van der Waals surface area (Å²) in [5.74, 6) is 0.352. The van der Waals surface area contributed by atoms with Crippen molar-refractivity contribution in [2.75, 3.05) is 0 Å². The monoisotopic (exact) mass is 219 g/mol. The first-order chi connectivity index (χ1) is 7.50. The van der Waals surface area contributed by atoms with E-state index in [1.54, 1.807) is 13.4 Å². The maximum absolute atomic E-state index is 12.0. The standard InChI is InChI=1S/C12H17N3O/c1-7-4-9(8(2)13)11-10(5-7)12(16)15(3)6-14-11/h4,6-8H,5,13H2,1-3H3. The first-order valence-corrected chi connectivity index (χ1v) is 5.53. The van der Waals surface area contributed by atoms with Gasteiger partial charge in [-0.25, -0.2) is 4.98 Å². The molecule has 0 spiro atoms. The van der Waals surface area contributed by atoms with Gasteiger partial charge in [0.05, 0.1) is 12.0 Å². The van der Waals surface area contributed by atoms with E-state index >= 15 is 0 Å². The third kappa shape index (κ3) is 1.69. The minimum absolute atomic E-state index is 0.0445. The van der Waals surface area contributed by atoms with Crippen molar-refractivity contribution in [3.63, 3.8) is 0 Å². The highest BCUT2D eigenvalue weighted by molar-refractivity contribution is 5.70. The lowest BCUT2D eigenvalue weighted by molar-refractivity contribution is 0.669. The first kappa shape index (κ1) is 11.1. The summed E-state index contributed by atoms with van der Waals surface area (Å²) in [5.41, 5.74) is 8.54. The maximum Gasteiger partial charge on any atom is 0.256 e. The Morgan fingerprint density at radius 3 is 2.94 bits per heavy atom. The van der Waals surface area contributed by atoms with E-state index in [1.165, 1.54) is 4.57 Å². The fourth-order valence-corrected chi connectivity index (χ4v) is 2.16. The molecule has 0 saturated carbocycles. The predicted octanol–water partition coefficient (Wildman–Crippen LogP) is 0.703. The topological polar surface area (TPSA) is 60.9 Å². The molecule has 4 heteroatoms. The van der Waals surface area contributed by atoms with E-state index in [9.17, 15) is 4.79 Å². The van der Waals surface area contributed by atoms with E-state index < -0.39 is 0 Å². The smallest absolute Gasteiger partial charge is 0.256 e. The van der Waals surface area contributed by atoms with Gasteiger partial charge in [0.25, 0.3) is 5.56 Å². The Kier molecular flexibility index (Phi) is 2.68. The van der Waals surface area contributed by atoms with Crippen LogP contribution in [0.15, 0.2) is 17.2 Å². The number of rotatable bonds is 1. The van der Waals surface area contributed by atoms with Crippen molar-refractivity contribution in [2.45, 2.75) is 26.3 Å². The van der Waals surface area contributed by atoms with Crippen LogP contribution in [0, 0.1) is 5.92 Å². The number of allylic oxidation sites excluding steroid dienone is 1. The molecule has 0 radical (unpaired) electrons. The summed E-state index contributed by atoms with van der Waals surface area (Å²) in [5, 5.41) is 0. The highest BCUT2D eigenvalue weighted by atomic mass is 16.1. The Labute approximate surface area is 94.8 Å². The van der Waals surface area contributed by atoms with Crippen molar-refractivity contribution in [1.29, 1.82) is 0 Å². The minimum atomic E-state index is -0.0823. The molecule has 2 atom stereocenters. The van der Waals surface area contributed by atoms with Crippen LogP contribution >= 0.6 is 0 Å². The summed E-state index contributed by atoms with van der Waals surface area (Å²) in [6, 6.07) is -0.0823. The zero-order chi connectivity index (χ0) is 11.9. The van der Waals surface area contributed by atoms with Gasteiger partial charge in [0, 0.05) is 18.7 Å². The van der Waals surface area contributed by atoms with Crippen molar-refractivity contribution < 1.29 is 0 Å². The second-order valence-corrected chi connectivity index (χ2v) is 4.58. The van der Waals surface area contributed by atoms with Gasteiger partial charge in [0.2, 0.25) is 0 Å². The Morgan fingerprint density at radius 2 is 2.31 bits per heavy atom. The number of fused-ring (bicyclic) bond motifs is 1. The molecule has 0 bridgehead atoms. The third-order valence-electron chi connectivity index (χ3n) is 2.98. The molecule has 16 heavy (non-hydrogen) atoms. The molecule has 1 aliphatic rings. The van der Waals surface area contributed by atoms with E-state index in [2.05, 4.69) is 18.0 Å². The second kappa shape index (κ2) is 3.87. The van der Waals surface area contributed by atoms with Crippen LogP contribution in [0.25, 0.3) is 5.57 Å². The average molecular weight is 219 g/mol. The zero-order valence-electron chi connectivity index (χ0n) is 9.90. The summed E-state index contributed by atoms with van der Waals surface area (Å²) < 4.78 is 1.52. The summed E-state index contributed by atoms with van der Waals surface area (Å²) in [6.07, 6.45) is 4.44. The number of aromatic nitrogens is 2. The molecular formula is C12H17N3O. The second-order valence-electron chi connectivity index (χ2n) is 4.58. The lowest BCUT2D eigenvalue weighted by Crippen LogP contribution is -2.30. The van der Waals surface area contributed by atoms with E-state index in [1.807, 2.05) is 6.92 Å². The fraction of sp³-hybridized carbons (Fsp3) is 0.500. The van der Waals surface area contributed by atoms with Crippen molar-refractivity contribution in [1.82, 2.24) is 9.55 Å². The fourth-order valence-electron chi connectivity index (χ4n) is 2.16. The normalized spacial score (nSPS) is 21.2. The molecule has 2 unspecified atom stereocenters. The number of hydrogen-bond acceptors (Lipinski definition) is 3. The number of hydrogen-bond donors (Lipinski definition) is 1. The average Bonchev–Trinajstić information content (AvgIpc) is 2.23. The molecule has 0 aliphatic heterocycles. The van der Waals surface area contributed by atoms with Crippen LogP contribution in [0.4, 0.5) is 0 Å². The molecule has 0 aromatic carbocycles. The van der Waals surface area contributed by atoms with Gasteiger partial charge < -0.3 is 10.3 Å². The largest absolute Gasteiger partial charge is 0.324 e. The van der Waals surface area contributed by atoms with Gasteiger partial charge in [-0.15, -0.1) is 0 Å². The maximum atomic E-state index is 12.0. The molecule has 86 valence electrons. The SMILES string of the molecule is CC1C=C(C(C)N)c2ncn(C)c(=O)c2C1. The molecule has 2 rings (SSSR count). The number of aryl methyl sites for hydroxylation is 1. The number of nitrogens with two attached hydrogens (primary N) is 1. The lowest BCUT2D eigenvalue weighted by atomic mass is 9.87.